The Bertz CT molecular complexity index is 1220. The Labute approximate surface area is 201 Å². The van der Waals surface area contributed by atoms with Gasteiger partial charge in [0.1, 0.15) is 46.3 Å². The fraction of sp³-hybridized carbons (Fsp3) is 0.240. The van der Waals surface area contributed by atoms with Crippen LogP contribution >= 0.6 is 11.3 Å². The summed E-state index contributed by atoms with van der Waals surface area (Å²) in [7, 11) is 2.87. The van der Waals surface area contributed by atoms with Gasteiger partial charge in [0.15, 0.2) is 0 Å². The lowest BCUT2D eigenvalue weighted by Gasteiger charge is -2.05. The monoisotopic (exact) mass is 480 g/mol. The number of esters is 1. The standard InChI is InChI=1S/C25H24N2O6S/c1-4-5-21-13-22(25(29)31-3)24(34-21)27-23(28)16(14-26)12-19-10-11-20(33-19)15-32-18-8-6-17(30-2)7-9-18/h6-13H,4-5,15H2,1-3H3,(H,27,28). The molecule has 3 aromatic rings. The molecule has 1 aromatic carbocycles. The molecule has 1 amide bonds. The van der Waals surface area contributed by atoms with Crippen LogP contribution in [0.3, 0.4) is 0 Å². The molecule has 176 valence electrons. The number of thiophene rings is 1. The summed E-state index contributed by atoms with van der Waals surface area (Å²) in [5, 5.41) is 12.5. The van der Waals surface area contributed by atoms with E-state index in [-0.39, 0.29) is 17.7 Å². The molecule has 0 radical (unpaired) electrons. The number of benzene rings is 1. The summed E-state index contributed by atoms with van der Waals surface area (Å²) in [6.07, 6.45) is 2.99. The molecule has 0 unspecified atom stereocenters. The first-order chi connectivity index (χ1) is 16.5. The number of carbonyl (C=O) groups is 2. The van der Waals surface area contributed by atoms with Crippen LogP contribution in [0.15, 0.2) is 52.5 Å². The van der Waals surface area contributed by atoms with Gasteiger partial charge in [0, 0.05) is 11.0 Å². The maximum atomic E-state index is 12.7. The van der Waals surface area contributed by atoms with E-state index in [1.165, 1.54) is 24.5 Å². The summed E-state index contributed by atoms with van der Waals surface area (Å²) in [6.45, 7) is 2.19. The molecule has 8 nitrogen and oxygen atoms in total. The smallest absolute Gasteiger partial charge is 0.340 e. The van der Waals surface area contributed by atoms with E-state index in [0.717, 1.165) is 23.5 Å². The van der Waals surface area contributed by atoms with Gasteiger partial charge in [-0.05, 0) is 48.9 Å². The largest absolute Gasteiger partial charge is 0.497 e. The number of methoxy groups -OCH3 is 2. The Balaban J connectivity index is 1.69. The van der Waals surface area contributed by atoms with Crippen LogP contribution in [-0.2, 0) is 22.6 Å². The van der Waals surface area contributed by atoms with Crippen LogP contribution in [0.25, 0.3) is 6.08 Å². The number of rotatable bonds is 10. The fourth-order valence-electron chi connectivity index (χ4n) is 3.00. The maximum absolute atomic E-state index is 12.7. The van der Waals surface area contributed by atoms with Gasteiger partial charge in [0.2, 0.25) is 0 Å². The van der Waals surface area contributed by atoms with Crippen LogP contribution in [0.2, 0.25) is 0 Å². The van der Waals surface area contributed by atoms with E-state index in [0.29, 0.717) is 22.3 Å². The minimum absolute atomic E-state index is 0.168. The number of aryl methyl sites for hydroxylation is 1. The summed E-state index contributed by atoms with van der Waals surface area (Å²) in [5.41, 5.74) is 0.0933. The van der Waals surface area contributed by atoms with E-state index in [1.807, 2.05) is 13.0 Å². The zero-order chi connectivity index (χ0) is 24.5. The van der Waals surface area contributed by atoms with Crippen molar-refractivity contribution in [2.24, 2.45) is 0 Å². The Morgan fingerprint density at radius 3 is 2.53 bits per heavy atom. The highest BCUT2D eigenvalue weighted by Crippen LogP contribution is 2.30. The highest BCUT2D eigenvalue weighted by molar-refractivity contribution is 7.16. The zero-order valence-electron chi connectivity index (χ0n) is 19.0. The van der Waals surface area contributed by atoms with Gasteiger partial charge in [0.05, 0.1) is 19.8 Å². The van der Waals surface area contributed by atoms with Crippen LogP contribution in [-0.4, -0.2) is 26.1 Å². The number of ether oxygens (including phenoxy) is 3. The molecule has 0 aliphatic carbocycles. The van der Waals surface area contributed by atoms with Gasteiger partial charge in [0.25, 0.3) is 5.91 Å². The second-order valence-electron chi connectivity index (χ2n) is 7.09. The van der Waals surface area contributed by atoms with Crippen molar-refractivity contribution in [3.05, 3.63) is 70.0 Å². The Morgan fingerprint density at radius 2 is 1.88 bits per heavy atom. The first-order valence-corrected chi connectivity index (χ1v) is 11.3. The summed E-state index contributed by atoms with van der Waals surface area (Å²) < 4.78 is 21.3. The molecule has 0 aliphatic rings. The predicted octanol–water partition coefficient (Wildman–Crippen LogP) is 5.21. The number of anilines is 1. The molecule has 0 bridgehead atoms. The summed E-state index contributed by atoms with van der Waals surface area (Å²) >= 11 is 1.28. The first-order valence-electron chi connectivity index (χ1n) is 10.5. The number of nitrogens with one attached hydrogen (secondary N) is 1. The molecule has 3 rings (SSSR count). The number of nitrogens with zero attached hydrogens (tertiary/aromatic N) is 1. The Kier molecular flexibility index (Phi) is 8.48. The molecule has 2 heterocycles. The highest BCUT2D eigenvalue weighted by atomic mass is 32.1. The number of furan rings is 1. The number of carbonyl (C=O) groups excluding carboxylic acids is 2. The summed E-state index contributed by atoms with van der Waals surface area (Å²) in [5.74, 6) is 1.02. The quantitative estimate of drug-likeness (QED) is 0.241. The third kappa shape index (κ3) is 6.27. The minimum atomic E-state index is -0.648. The second-order valence-corrected chi connectivity index (χ2v) is 8.23. The third-order valence-corrected chi connectivity index (χ3v) is 5.80. The van der Waals surface area contributed by atoms with Crippen LogP contribution in [0, 0.1) is 11.3 Å². The van der Waals surface area contributed by atoms with E-state index in [4.69, 9.17) is 18.6 Å². The molecule has 9 heteroatoms. The van der Waals surface area contributed by atoms with E-state index in [9.17, 15) is 14.9 Å². The van der Waals surface area contributed by atoms with Crippen molar-refractivity contribution in [3.8, 4) is 17.6 Å². The summed E-state index contributed by atoms with van der Waals surface area (Å²) in [4.78, 5) is 25.7. The number of amides is 1. The lowest BCUT2D eigenvalue weighted by Crippen LogP contribution is -2.15. The molecule has 0 saturated heterocycles. The van der Waals surface area contributed by atoms with Gasteiger partial charge in [-0.15, -0.1) is 11.3 Å². The fourth-order valence-corrected chi connectivity index (χ4v) is 4.14. The van der Waals surface area contributed by atoms with Crippen molar-refractivity contribution in [1.29, 1.82) is 5.26 Å². The molecule has 0 spiro atoms. The van der Waals surface area contributed by atoms with Crippen molar-refractivity contribution in [2.45, 2.75) is 26.4 Å². The van der Waals surface area contributed by atoms with E-state index in [1.54, 1.807) is 49.6 Å². The van der Waals surface area contributed by atoms with Crippen molar-refractivity contribution in [1.82, 2.24) is 0 Å². The van der Waals surface area contributed by atoms with Crippen LogP contribution in [0.5, 0.6) is 11.5 Å². The predicted molar refractivity (Wildman–Crippen MR) is 128 cm³/mol. The first kappa shape index (κ1) is 24.6. The topological polar surface area (TPSA) is 111 Å². The summed E-state index contributed by atoms with van der Waals surface area (Å²) in [6, 6.07) is 14.0. The average molecular weight is 481 g/mol. The Hall–Kier alpha value is -4.03. The zero-order valence-corrected chi connectivity index (χ0v) is 19.9. The third-order valence-electron chi connectivity index (χ3n) is 4.69. The van der Waals surface area contributed by atoms with Crippen molar-refractivity contribution in [2.75, 3.05) is 19.5 Å². The lowest BCUT2D eigenvalue weighted by molar-refractivity contribution is -0.112. The second kappa shape index (κ2) is 11.7. The van der Waals surface area contributed by atoms with Crippen molar-refractivity contribution < 1.29 is 28.2 Å². The molecule has 2 aromatic heterocycles. The van der Waals surface area contributed by atoms with Crippen LogP contribution < -0.4 is 14.8 Å². The molecule has 0 saturated carbocycles. The molecule has 34 heavy (non-hydrogen) atoms. The normalized spacial score (nSPS) is 10.9. The van der Waals surface area contributed by atoms with E-state index in [2.05, 4.69) is 5.32 Å². The van der Waals surface area contributed by atoms with Gasteiger partial charge in [-0.2, -0.15) is 5.26 Å². The lowest BCUT2D eigenvalue weighted by atomic mass is 10.2. The number of nitriles is 1. The van der Waals surface area contributed by atoms with Crippen LogP contribution in [0.1, 0.15) is 40.1 Å². The van der Waals surface area contributed by atoms with Gasteiger partial charge in [-0.1, -0.05) is 13.3 Å². The molecular weight excluding hydrogens is 456 g/mol. The molecule has 1 N–H and O–H groups in total. The van der Waals surface area contributed by atoms with Gasteiger partial charge >= 0.3 is 5.97 Å². The average Bonchev–Trinajstić information content (AvgIpc) is 3.47. The van der Waals surface area contributed by atoms with E-state index >= 15 is 0 Å². The van der Waals surface area contributed by atoms with Gasteiger partial charge in [-0.25, -0.2) is 4.79 Å². The molecule has 0 fully saturated rings. The Morgan fingerprint density at radius 1 is 1.15 bits per heavy atom. The van der Waals surface area contributed by atoms with E-state index < -0.39 is 11.9 Å². The minimum Gasteiger partial charge on any atom is -0.497 e. The van der Waals surface area contributed by atoms with Gasteiger partial charge < -0.3 is 23.9 Å². The van der Waals surface area contributed by atoms with Crippen molar-refractivity contribution >= 4 is 34.3 Å². The van der Waals surface area contributed by atoms with Crippen molar-refractivity contribution in [3.63, 3.8) is 0 Å². The SMILES string of the molecule is CCCc1cc(C(=O)OC)c(NC(=O)C(C#N)=Cc2ccc(COc3ccc(OC)cc3)o2)s1. The molecule has 0 atom stereocenters. The van der Waals surface area contributed by atoms with Crippen LogP contribution in [0.4, 0.5) is 5.00 Å². The van der Waals surface area contributed by atoms with Gasteiger partial charge in [-0.3, -0.25) is 4.79 Å². The molecular formula is C25H24N2O6S. The highest BCUT2D eigenvalue weighted by Gasteiger charge is 2.20. The number of hydrogen-bond acceptors (Lipinski definition) is 8. The number of hydrogen-bond donors (Lipinski definition) is 1. The molecule has 0 aliphatic heterocycles. The maximum Gasteiger partial charge on any atom is 0.340 e.